The maximum absolute atomic E-state index is 3.48. The van der Waals surface area contributed by atoms with Crippen LogP contribution in [0.4, 0.5) is 0 Å². The number of piperidine rings is 1. The summed E-state index contributed by atoms with van der Waals surface area (Å²) in [5.41, 5.74) is 5.20. The van der Waals surface area contributed by atoms with Gasteiger partial charge in [0.05, 0.1) is 0 Å². The maximum atomic E-state index is 3.48. The number of nitrogens with zero attached hydrogens (tertiary/aromatic N) is 1. The van der Waals surface area contributed by atoms with Crippen LogP contribution in [0.1, 0.15) is 56.2 Å². The molecule has 3 rings (SSSR count). The van der Waals surface area contributed by atoms with Gasteiger partial charge in [0.2, 0.25) is 0 Å². The summed E-state index contributed by atoms with van der Waals surface area (Å²) in [7, 11) is 0. The molecule has 0 bridgehead atoms. The van der Waals surface area contributed by atoms with E-state index in [0.717, 1.165) is 19.6 Å². The van der Waals surface area contributed by atoms with E-state index in [4.69, 9.17) is 0 Å². The minimum atomic E-state index is 0.635. The van der Waals surface area contributed by atoms with Crippen molar-refractivity contribution in [2.45, 2.75) is 59.0 Å². The van der Waals surface area contributed by atoms with Crippen molar-refractivity contribution >= 4 is 0 Å². The van der Waals surface area contributed by atoms with Crippen LogP contribution in [-0.2, 0) is 19.5 Å². The van der Waals surface area contributed by atoms with E-state index < -0.39 is 0 Å². The van der Waals surface area contributed by atoms with Crippen molar-refractivity contribution in [3.63, 3.8) is 0 Å². The van der Waals surface area contributed by atoms with Crippen LogP contribution < -0.4 is 5.32 Å². The summed E-state index contributed by atoms with van der Waals surface area (Å²) in [6.45, 7) is 10.6. The largest absolute Gasteiger partial charge is 0.312 e. The average Bonchev–Trinajstić information content (AvgIpc) is 2.56. The Balaban J connectivity index is 1.60. The first-order valence-corrected chi connectivity index (χ1v) is 8.78. The molecule has 0 aromatic heterocycles. The van der Waals surface area contributed by atoms with E-state index in [2.05, 4.69) is 42.3 Å². The molecule has 2 aliphatic heterocycles. The Labute approximate surface area is 129 Å². The molecule has 0 amide bonds. The van der Waals surface area contributed by atoms with Crippen LogP contribution in [-0.4, -0.2) is 24.5 Å². The molecule has 116 valence electrons. The van der Waals surface area contributed by atoms with Crippen LogP contribution in [0.2, 0.25) is 0 Å². The number of fused-ring (bicyclic) bond motifs is 1. The molecule has 21 heavy (non-hydrogen) atoms. The molecule has 0 radical (unpaired) electrons. The van der Waals surface area contributed by atoms with E-state index >= 15 is 0 Å². The number of likely N-dealkylation sites (tertiary alicyclic amines) is 1. The number of hydrogen-bond acceptors (Lipinski definition) is 2. The summed E-state index contributed by atoms with van der Waals surface area (Å²) in [5, 5.41) is 3.48. The Hall–Kier alpha value is -0.860. The van der Waals surface area contributed by atoms with Gasteiger partial charge in [-0.3, -0.25) is 4.90 Å². The standard InChI is InChI=1S/C19H30N2/c1-3-19(4-2)8-11-21(12-9-19)15-16-5-6-17-7-10-20-14-18(17)13-16/h5-6,13,20H,3-4,7-12,14-15H2,1-2H3. The predicted molar refractivity (Wildman–Crippen MR) is 89.4 cm³/mol. The van der Waals surface area contributed by atoms with E-state index in [9.17, 15) is 0 Å². The molecule has 0 aliphatic carbocycles. The van der Waals surface area contributed by atoms with Gasteiger partial charge in [0.15, 0.2) is 0 Å². The molecule has 2 aliphatic rings. The van der Waals surface area contributed by atoms with Crippen molar-refractivity contribution in [1.82, 2.24) is 10.2 Å². The van der Waals surface area contributed by atoms with E-state index in [0.29, 0.717) is 5.41 Å². The Morgan fingerprint density at radius 2 is 1.86 bits per heavy atom. The lowest BCUT2D eigenvalue weighted by molar-refractivity contribution is 0.0909. The molecule has 1 saturated heterocycles. The molecule has 1 fully saturated rings. The summed E-state index contributed by atoms with van der Waals surface area (Å²) in [5.74, 6) is 0. The highest BCUT2D eigenvalue weighted by Gasteiger charge is 2.31. The third-order valence-corrected chi connectivity index (χ3v) is 5.98. The topological polar surface area (TPSA) is 15.3 Å². The molecular weight excluding hydrogens is 256 g/mol. The lowest BCUT2D eigenvalue weighted by atomic mass is 9.74. The van der Waals surface area contributed by atoms with Crippen molar-refractivity contribution in [3.8, 4) is 0 Å². The molecule has 0 spiro atoms. The van der Waals surface area contributed by atoms with Gasteiger partial charge in [0.1, 0.15) is 0 Å². The van der Waals surface area contributed by atoms with Crippen LogP contribution in [0.5, 0.6) is 0 Å². The highest BCUT2D eigenvalue weighted by atomic mass is 15.1. The minimum absolute atomic E-state index is 0.635. The van der Waals surface area contributed by atoms with E-state index in [1.807, 2.05) is 0 Å². The summed E-state index contributed by atoms with van der Waals surface area (Å²) in [6.07, 6.45) is 6.65. The molecular formula is C19H30N2. The zero-order chi connectivity index (χ0) is 14.7. The first kappa shape index (κ1) is 15.1. The zero-order valence-electron chi connectivity index (χ0n) is 13.8. The number of nitrogens with one attached hydrogen (secondary N) is 1. The molecule has 0 unspecified atom stereocenters. The molecule has 1 aromatic rings. The first-order valence-electron chi connectivity index (χ1n) is 8.78. The molecule has 1 N–H and O–H groups in total. The van der Waals surface area contributed by atoms with Gasteiger partial charge in [-0.15, -0.1) is 0 Å². The van der Waals surface area contributed by atoms with Gasteiger partial charge in [-0.2, -0.15) is 0 Å². The second-order valence-electron chi connectivity index (χ2n) is 7.01. The third kappa shape index (κ3) is 3.32. The summed E-state index contributed by atoms with van der Waals surface area (Å²) in [6, 6.07) is 7.15. The summed E-state index contributed by atoms with van der Waals surface area (Å²) >= 11 is 0. The molecule has 2 heterocycles. The Bertz CT molecular complexity index is 466. The molecule has 2 nitrogen and oxygen atoms in total. The lowest BCUT2D eigenvalue weighted by Crippen LogP contribution is -2.39. The fourth-order valence-electron chi connectivity index (χ4n) is 4.03. The van der Waals surface area contributed by atoms with Crippen molar-refractivity contribution in [3.05, 3.63) is 34.9 Å². The van der Waals surface area contributed by atoms with Crippen LogP contribution in [0.3, 0.4) is 0 Å². The number of hydrogen-bond donors (Lipinski definition) is 1. The van der Waals surface area contributed by atoms with Crippen molar-refractivity contribution in [2.24, 2.45) is 5.41 Å². The number of benzene rings is 1. The molecule has 0 atom stereocenters. The lowest BCUT2D eigenvalue weighted by Gasteiger charge is -2.41. The monoisotopic (exact) mass is 286 g/mol. The Morgan fingerprint density at radius 3 is 2.57 bits per heavy atom. The van der Waals surface area contributed by atoms with Crippen LogP contribution in [0, 0.1) is 5.41 Å². The average molecular weight is 286 g/mol. The fraction of sp³-hybridized carbons (Fsp3) is 0.684. The maximum Gasteiger partial charge on any atom is 0.0233 e. The Kier molecular flexibility index (Phi) is 4.66. The van der Waals surface area contributed by atoms with Gasteiger partial charge < -0.3 is 5.32 Å². The third-order valence-electron chi connectivity index (χ3n) is 5.98. The van der Waals surface area contributed by atoms with E-state index in [-0.39, 0.29) is 0 Å². The molecule has 2 heteroatoms. The Morgan fingerprint density at radius 1 is 1.10 bits per heavy atom. The highest BCUT2D eigenvalue weighted by molar-refractivity contribution is 5.33. The van der Waals surface area contributed by atoms with Crippen molar-refractivity contribution in [1.29, 1.82) is 0 Å². The van der Waals surface area contributed by atoms with Crippen molar-refractivity contribution in [2.75, 3.05) is 19.6 Å². The van der Waals surface area contributed by atoms with E-state index in [1.54, 1.807) is 5.56 Å². The second kappa shape index (κ2) is 6.50. The normalized spacial score (nSPS) is 22.0. The summed E-state index contributed by atoms with van der Waals surface area (Å²) in [4.78, 5) is 2.65. The van der Waals surface area contributed by atoms with Gasteiger partial charge >= 0.3 is 0 Å². The van der Waals surface area contributed by atoms with Gasteiger partial charge in [0.25, 0.3) is 0 Å². The predicted octanol–water partition coefficient (Wildman–Crippen LogP) is 3.73. The quantitative estimate of drug-likeness (QED) is 0.907. The van der Waals surface area contributed by atoms with Gasteiger partial charge in [-0.25, -0.2) is 0 Å². The second-order valence-corrected chi connectivity index (χ2v) is 7.01. The van der Waals surface area contributed by atoms with Gasteiger partial charge in [-0.05, 0) is 61.0 Å². The van der Waals surface area contributed by atoms with Crippen molar-refractivity contribution < 1.29 is 0 Å². The summed E-state index contributed by atoms with van der Waals surface area (Å²) < 4.78 is 0. The molecule has 1 aromatic carbocycles. The van der Waals surface area contributed by atoms with E-state index in [1.165, 1.54) is 56.3 Å². The van der Waals surface area contributed by atoms with Crippen LogP contribution in [0.25, 0.3) is 0 Å². The number of rotatable bonds is 4. The molecule has 0 saturated carbocycles. The highest BCUT2D eigenvalue weighted by Crippen LogP contribution is 2.38. The zero-order valence-corrected chi connectivity index (χ0v) is 13.8. The van der Waals surface area contributed by atoms with Gasteiger partial charge in [0, 0.05) is 13.1 Å². The van der Waals surface area contributed by atoms with Crippen LogP contribution >= 0.6 is 0 Å². The first-order chi connectivity index (χ1) is 10.2. The van der Waals surface area contributed by atoms with Crippen LogP contribution in [0.15, 0.2) is 18.2 Å². The fourth-order valence-corrected chi connectivity index (χ4v) is 4.03. The van der Waals surface area contributed by atoms with Gasteiger partial charge in [-0.1, -0.05) is 44.9 Å². The smallest absolute Gasteiger partial charge is 0.0233 e. The SMILES string of the molecule is CCC1(CC)CCN(Cc2ccc3c(c2)CNCC3)CC1. The minimum Gasteiger partial charge on any atom is -0.312 e.